The highest BCUT2D eigenvalue weighted by atomic mass is 16.3. The summed E-state index contributed by atoms with van der Waals surface area (Å²) in [5, 5.41) is 12.3. The van der Waals surface area contributed by atoms with E-state index in [0.717, 1.165) is 18.9 Å². The van der Waals surface area contributed by atoms with Crippen LogP contribution in [-0.4, -0.2) is 25.3 Å². The summed E-state index contributed by atoms with van der Waals surface area (Å²) in [7, 11) is 2.02. The van der Waals surface area contributed by atoms with Crippen LogP contribution in [0.25, 0.3) is 0 Å². The number of rotatable bonds is 15. The molecule has 1 atom stereocenters. The van der Waals surface area contributed by atoms with Crippen molar-refractivity contribution in [1.82, 2.24) is 5.32 Å². The highest BCUT2D eigenvalue weighted by Gasteiger charge is 2.07. The van der Waals surface area contributed by atoms with Crippen LogP contribution >= 0.6 is 0 Å². The second-order valence-corrected chi connectivity index (χ2v) is 5.89. The van der Waals surface area contributed by atoms with Gasteiger partial charge in [-0.15, -0.1) is 0 Å². The zero-order valence-electron chi connectivity index (χ0n) is 13.4. The van der Waals surface area contributed by atoms with Crippen molar-refractivity contribution in [2.45, 2.75) is 84.0 Å². The number of aliphatic hydroxyl groups excluding tert-OH is 1. The summed E-state index contributed by atoms with van der Waals surface area (Å²) in [4.78, 5) is 0. The van der Waals surface area contributed by atoms with Crippen LogP contribution in [0.4, 0.5) is 0 Å². The molecular weight excluding hydrogens is 234 g/mol. The van der Waals surface area contributed by atoms with Crippen LogP contribution in [0.1, 0.15) is 84.0 Å². The normalized spacial score (nSPS) is 12.8. The standard InChI is InChI=1S/C17H37NO/c1-3-4-5-6-9-12-17(14-16-19)13-10-7-8-11-15-18-2/h17-19H,3-16H2,1-2H3. The molecule has 2 nitrogen and oxygen atoms in total. The van der Waals surface area contributed by atoms with Gasteiger partial charge in [0, 0.05) is 6.61 Å². The summed E-state index contributed by atoms with van der Waals surface area (Å²) in [6, 6.07) is 0. The molecule has 0 rings (SSSR count). The van der Waals surface area contributed by atoms with E-state index in [1.807, 2.05) is 7.05 Å². The first-order chi connectivity index (χ1) is 9.35. The minimum absolute atomic E-state index is 0.374. The molecule has 0 aromatic rings. The molecule has 0 amide bonds. The van der Waals surface area contributed by atoms with Crippen LogP contribution in [0.3, 0.4) is 0 Å². The van der Waals surface area contributed by atoms with Gasteiger partial charge in [-0.2, -0.15) is 0 Å². The molecule has 0 saturated carbocycles. The molecule has 19 heavy (non-hydrogen) atoms. The maximum Gasteiger partial charge on any atom is 0.0433 e. The number of unbranched alkanes of at least 4 members (excludes halogenated alkanes) is 7. The van der Waals surface area contributed by atoms with Crippen molar-refractivity contribution >= 4 is 0 Å². The first-order valence-electron chi connectivity index (χ1n) is 8.60. The smallest absolute Gasteiger partial charge is 0.0433 e. The van der Waals surface area contributed by atoms with E-state index >= 15 is 0 Å². The van der Waals surface area contributed by atoms with E-state index < -0.39 is 0 Å². The second-order valence-electron chi connectivity index (χ2n) is 5.89. The molecule has 0 heterocycles. The SMILES string of the molecule is CCCCCCCC(CCO)CCCCCCNC. The Balaban J connectivity index is 3.45. The predicted octanol–water partition coefficient (Wildman–Crippen LogP) is 4.52. The lowest BCUT2D eigenvalue weighted by molar-refractivity contribution is 0.241. The minimum Gasteiger partial charge on any atom is -0.396 e. The highest BCUT2D eigenvalue weighted by molar-refractivity contribution is 4.60. The first kappa shape index (κ1) is 18.9. The zero-order chi connectivity index (χ0) is 14.2. The molecule has 0 aliphatic rings. The zero-order valence-corrected chi connectivity index (χ0v) is 13.4. The Hall–Kier alpha value is -0.0800. The molecule has 0 radical (unpaired) electrons. The maximum atomic E-state index is 9.14. The molecule has 0 saturated heterocycles. The minimum atomic E-state index is 0.374. The van der Waals surface area contributed by atoms with Gasteiger partial charge in [0.25, 0.3) is 0 Å². The van der Waals surface area contributed by atoms with Gasteiger partial charge in [0.15, 0.2) is 0 Å². The van der Waals surface area contributed by atoms with Crippen molar-refractivity contribution < 1.29 is 5.11 Å². The third kappa shape index (κ3) is 14.1. The van der Waals surface area contributed by atoms with E-state index in [1.165, 1.54) is 70.6 Å². The molecule has 0 fully saturated rings. The summed E-state index contributed by atoms with van der Waals surface area (Å²) in [6.45, 7) is 3.79. The van der Waals surface area contributed by atoms with Crippen LogP contribution in [0.5, 0.6) is 0 Å². The van der Waals surface area contributed by atoms with E-state index in [-0.39, 0.29) is 0 Å². The molecule has 1 unspecified atom stereocenters. The third-order valence-electron chi connectivity index (χ3n) is 4.04. The molecular formula is C17H37NO. The Morgan fingerprint density at radius 1 is 0.789 bits per heavy atom. The molecule has 0 aliphatic carbocycles. The van der Waals surface area contributed by atoms with Gasteiger partial charge >= 0.3 is 0 Å². The molecule has 116 valence electrons. The molecule has 2 heteroatoms. The lowest BCUT2D eigenvalue weighted by atomic mass is 9.92. The van der Waals surface area contributed by atoms with Crippen molar-refractivity contribution in [1.29, 1.82) is 0 Å². The van der Waals surface area contributed by atoms with Gasteiger partial charge in [-0.1, -0.05) is 71.1 Å². The van der Waals surface area contributed by atoms with Crippen LogP contribution < -0.4 is 5.32 Å². The highest BCUT2D eigenvalue weighted by Crippen LogP contribution is 2.21. The summed E-state index contributed by atoms with van der Waals surface area (Å²) in [5.41, 5.74) is 0. The van der Waals surface area contributed by atoms with Gasteiger partial charge in [-0.05, 0) is 32.4 Å². The lowest BCUT2D eigenvalue weighted by Gasteiger charge is -2.15. The van der Waals surface area contributed by atoms with Gasteiger partial charge in [0.1, 0.15) is 0 Å². The predicted molar refractivity (Wildman–Crippen MR) is 85.6 cm³/mol. The molecule has 0 bridgehead atoms. The summed E-state index contributed by atoms with van der Waals surface area (Å²) >= 11 is 0. The lowest BCUT2D eigenvalue weighted by Crippen LogP contribution is -2.07. The van der Waals surface area contributed by atoms with Gasteiger partial charge in [-0.25, -0.2) is 0 Å². The fourth-order valence-electron chi connectivity index (χ4n) is 2.74. The first-order valence-corrected chi connectivity index (χ1v) is 8.60. The van der Waals surface area contributed by atoms with Crippen LogP contribution in [0.2, 0.25) is 0 Å². The molecule has 0 aromatic heterocycles. The Labute approximate surface area is 121 Å². The Kier molecular flexibility index (Phi) is 15.9. The third-order valence-corrected chi connectivity index (χ3v) is 4.04. The Morgan fingerprint density at radius 3 is 1.89 bits per heavy atom. The molecule has 2 N–H and O–H groups in total. The van der Waals surface area contributed by atoms with E-state index in [9.17, 15) is 0 Å². The quantitative estimate of drug-likeness (QED) is 0.429. The Bertz CT molecular complexity index is 161. The van der Waals surface area contributed by atoms with Crippen molar-refractivity contribution in [3.05, 3.63) is 0 Å². The number of hydrogen-bond acceptors (Lipinski definition) is 2. The molecule has 0 spiro atoms. The van der Waals surface area contributed by atoms with Crippen molar-refractivity contribution in [2.24, 2.45) is 5.92 Å². The monoisotopic (exact) mass is 271 g/mol. The summed E-state index contributed by atoms with van der Waals surface area (Å²) in [6.07, 6.45) is 15.9. The molecule has 0 aromatic carbocycles. The van der Waals surface area contributed by atoms with Crippen molar-refractivity contribution in [3.8, 4) is 0 Å². The van der Waals surface area contributed by atoms with Gasteiger partial charge in [-0.3, -0.25) is 0 Å². The number of hydrogen-bond donors (Lipinski definition) is 2. The fourth-order valence-corrected chi connectivity index (χ4v) is 2.74. The van der Waals surface area contributed by atoms with Crippen molar-refractivity contribution in [2.75, 3.05) is 20.2 Å². The van der Waals surface area contributed by atoms with E-state index in [2.05, 4.69) is 12.2 Å². The average Bonchev–Trinajstić information content (AvgIpc) is 2.42. The summed E-state index contributed by atoms with van der Waals surface area (Å²) in [5.74, 6) is 0.774. The maximum absolute atomic E-state index is 9.14. The number of aliphatic hydroxyl groups is 1. The molecule has 0 aliphatic heterocycles. The van der Waals surface area contributed by atoms with Crippen LogP contribution in [0.15, 0.2) is 0 Å². The average molecular weight is 271 g/mol. The fraction of sp³-hybridized carbons (Fsp3) is 1.00. The van der Waals surface area contributed by atoms with Crippen LogP contribution in [0, 0.1) is 5.92 Å². The second kappa shape index (κ2) is 16.0. The van der Waals surface area contributed by atoms with E-state index in [4.69, 9.17) is 5.11 Å². The van der Waals surface area contributed by atoms with Crippen LogP contribution in [-0.2, 0) is 0 Å². The van der Waals surface area contributed by atoms with E-state index in [1.54, 1.807) is 0 Å². The largest absolute Gasteiger partial charge is 0.396 e. The Morgan fingerprint density at radius 2 is 1.37 bits per heavy atom. The van der Waals surface area contributed by atoms with Gasteiger partial charge in [0.05, 0.1) is 0 Å². The van der Waals surface area contributed by atoms with E-state index in [0.29, 0.717) is 6.61 Å². The van der Waals surface area contributed by atoms with Gasteiger partial charge in [0.2, 0.25) is 0 Å². The summed E-state index contributed by atoms with van der Waals surface area (Å²) < 4.78 is 0. The van der Waals surface area contributed by atoms with Crippen molar-refractivity contribution in [3.63, 3.8) is 0 Å². The number of nitrogens with one attached hydrogen (secondary N) is 1. The van der Waals surface area contributed by atoms with Gasteiger partial charge < -0.3 is 10.4 Å². The topological polar surface area (TPSA) is 32.3 Å².